The van der Waals surface area contributed by atoms with Gasteiger partial charge in [0.1, 0.15) is 5.75 Å². The third-order valence-electron chi connectivity index (χ3n) is 3.20. The topological polar surface area (TPSA) is 30.5 Å². The van der Waals surface area contributed by atoms with E-state index < -0.39 is 0 Å². The highest BCUT2D eigenvalue weighted by molar-refractivity contribution is 5.37. The smallest absolute Gasteiger partial charge is 0.119 e. The fourth-order valence-electron chi connectivity index (χ4n) is 2.20. The van der Waals surface area contributed by atoms with Gasteiger partial charge in [-0.3, -0.25) is 0 Å². The molecule has 0 bridgehead atoms. The standard InChI is InChI=1S/C14H23NO2/c1-6-13(17-5)14(15-3)12-8-7-11(16-4)9-10(12)2/h7-9,13-15H,6H2,1-5H3. The van der Waals surface area contributed by atoms with Crippen molar-refractivity contribution >= 4 is 0 Å². The maximum atomic E-state index is 5.52. The maximum Gasteiger partial charge on any atom is 0.119 e. The summed E-state index contributed by atoms with van der Waals surface area (Å²) in [5.74, 6) is 0.895. The fraction of sp³-hybridized carbons (Fsp3) is 0.571. The molecule has 3 heteroatoms. The monoisotopic (exact) mass is 237 g/mol. The van der Waals surface area contributed by atoms with Crippen LogP contribution in [-0.4, -0.2) is 27.4 Å². The number of ether oxygens (including phenoxy) is 2. The molecule has 0 saturated carbocycles. The number of aryl methyl sites for hydroxylation is 1. The SMILES string of the molecule is CCC(OC)C(NC)c1ccc(OC)cc1C. The first-order chi connectivity index (χ1) is 8.17. The molecule has 17 heavy (non-hydrogen) atoms. The van der Waals surface area contributed by atoms with Crippen LogP contribution in [0.2, 0.25) is 0 Å². The molecular formula is C14H23NO2. The number of hydrogen-bond acceptors (Lipinski definition) is 3. The van der Waals surface area contributed by atoms with Crippen LogP contribution in [0.1, 0.15) is 30.5 Å². The van der Waals surface area contributed by atoms with E-state index in [1.54, 1.807) is 14.2 Å². The zero-order valence-electron chi connectivity index (χ0n) is 11.4. The van der Waals surface area contributed by atoms with E-state index in [2.05, 4.69) is 31.3 Å². The van der Waals surface area contributed by atoms with Crippen LogP contribution in [0.4, 0.5) is 0 Å². The zero-order valence-corrected chi connectivity index (χ0v) is 11.4. The molecule has 0 heterocycles. The Morgan fingerprint density at radius 1 is 1.29 bits per heavy atom. The predicted molar refractivity (Wildman–Crippen MR) is 70.6 cm³/mol. The Bertz CT molecular complexity index is 348. The van der Waals surface area contributed by atoms with E-state index in [0.29, 0.717) is 0 Å². The molecule has 0 aliphatic heterocycles. The van der Waals surface area contributed by atoms with E-state index in [1.807, 2.05) is 13.1 Å². The molecule has 2 unspecified atom stereocenters. The molecule has 1 aromatic rings. The number of hydrogen-bond donors (Lipinski definition) is 1. The summed E-state index contributed by atoms with van der Waals surface area (Å²) < 4.78 is 10.7. The van der Waals surface area contributed by atoms with Gasteiger partial charge in [-0.15, -0.1) is 0 Å². The highest BCUT2D eigenvalue weighted by Gasteiger charge is 2.21. The summed E-state index contributed by atoms with van der Waals surface area (Å²) >= 11 is 0. The molecule has 0 radical (unpaired) electrons. The van der Waals surface area contributed by atoms with Crippen LogP contribution in [0.15, 0.2) is 18.2 Å². The van der Waals surface area contributed by atoms with Crippen LogP contribution in [0.25, 0.3) is 0 Å². The third kappa shape index (κ3) is 3.20. The van der Waals surface area contributed by atoms with Crippen LogP contribution in [-0.2, 0) is 4.74 Å². The molecule has 1 rings (SSSR count). The van der Waals surface area contributed by atoms with Gasteiger partial charge in [-0.05, 0) is 43.7 Å². The third-order valence-corrected chi connectivity index (χ3v) is 3.20. The van der Waals surface area contributed by atoms with Crippen LogP contribution in [0, 0.1) is 6.92 Å². The summed E-state index contributed by atoms with van der Waals surface area (Å²) in [5, 5.41) is 3.33. The lowest BCUT2D eigenvalue weighted by Gasteiger charge is -2.26. The van der Waals surface area contributed by atoms with Crippen LogP contribution >= 0.6 is 0 Å². The molecule has 0 amide bonds. The fourth-order valence-corrected chi connectivity index (χ4v) is 2.20. The average molecular weight is 237 g/mol. The molecule has 96 valence electrons. The van der Waals surface area contributed by atoms with Gasteiger partial charge in [-0.1, -0.05) is 13.0 Å². The van der Waals surface area contributed by atoms with Gasteiger partial charge in [0.2, 0.25) is 0 Å². The lowest BCUT2D eigenvalue weighted by molar-refractivity contribution is 0.0673. The predicted octanol–water partition coefficient (Wildman–Crippen LogP) is 2.69. The Morgan fingerprint density at radius 2 is 2.00 bits per heavy atom. The molecule has 0 saturated heterocycles. The van der Waals surface area contributed by atoms with Gasteiger partial charge in [0.15, 0.2) is 0 Å². The first kappa shape index (κ1) is 14.0. The van der Waals surface area contributed by atoms with Crippen molar-refractivity contribution < 1.29 is 9.47 Å². The molecule has 0 aliphatic rings. The second-order valence-electron chi connectivity index (χ2n) is 4.17. The van der Waals surface area contributed by atoms with Crippen molar-refractivity contribution in [2.75, 3.05) is 21.3 Å². The molecule has 0 fully saturated rings. The van der Waals surface area contributed by atoms with Crippen molar-refractivity contribution in [1.82, 2.24) is 5.32 Å². The van der Waals surface area contributed by atoms with Gasteiger partial charge in [0, 0.05) is 7.11 Å². The van der Waals surface area contributed by atoms with E-state index in [-0.39, 0.29) is 12.1 Å². The molecular weight excluding hydrogens is 214 g/mol. The largest absolute Gasteiger partial charge is 0.497 e. The summed E-state index contributed by atoms with van der Waals surface area (Å²) in [6, 6.07) is 6.38. The minimum Gasteiger partial charge on any atom is -0.497 e. The van der Waals surface area contributed by atoms with E-state index in [9.17, 15) is 0 Å². The highest BCUT2D eigenvalue weighted by atomic mass is 16.5. The molecule has 1 aromatic carbocycles. The van der Waals surface area contributed by atoms with Crippen LogP contribution < -0.4 is 10.1 Å². The van der Waals surface area contributed by atoms with Crippen LogP contribution in [0.5, 0.6) is 5.75 Å². The lowest BCUT2D eigenvalue weighted by Crippen LogP contribution is -2.31. The molecule has 0 aliphatic carbocycles. The van der Waals surface area contributed by atoms with E-state index in [4.69, 9.17) is 9.47 Å². The average Bonchev–Trinajstić information content (AvgIpc) is 2.36. The number of nitrogens with one attached hydrogen (secondary N) is 1. The quantitative estimate of drug-likeness (QED) is 0.825. The van der Waals surface area contributed by atoms with Gasteiger partial charge in [0.25, 0.3) is 0 Å². The van der Waals surface area contributed by atoms with Crippen molar-refractivity contribution in [2.24, 2.45) is 0 Å². The normalized spacial score (nSPS) is 14.4. The Morgan fingerprint density at radius 3 is 2.41 bits per heavy atom. The summed E-state index contributed by atoms with van der Waals surface area (Å²) in [7, 11) is 5.42. The number of likely N-dealkylation sites (N-methyl/N-ethyl adjacent to an activating group) is 1. The van der Waals surface area contributed by atoms with Crippen molar-refractivity contribution in [1.29, 1.82) is 0 Å². The Kier molecular flexibility index (Phi) is 5.45. The van der Waals surface area contributed by atoms with E-state index in [0.717, 1.165) is 12.2 Å². The second kappa shape index (κ2) is 6.62. The summed E-state index contributed by atoms with van der Waals surface area (Å²) in [6.45, 7) is 4.24. The molecule has 3 nitrogen and oxygen atoms in total. The van der Waals surface area contributed by atoms with Gasteiger partial charge < -0.3 is 14.8 Å². The number of benzene rings is 1. The number of methoxy groups -OCH3 is 2. The molecule has 0 aromatic heterocycles. The molecule has 0 spiro atoms. The maximum absolute atomic E-state index is 5.52. The summed E-state index contributed by atoms with van der Waals surface area (Å²) in [5.41, 5.74) is 2.49. The summed E-state index contributed by atoms with van der Waals surface area (Å²) in [4.78, 5) is 0. The number of rotatable bonds is 6. The van der Waals surface area contributed by atoms with Gasteiger partial charge in [-0.25, -0.2) is 0 Å². The second-order valence-corrected chi connectivity index (χ2v) is 4.17. The first-order valence-corrected chi connectivity index (χ1v) is 6.02. The summed E-state index contributed by atoms with van der Waals surface area (Å²) in [6.07, 6.45) is 1.17. The van der Waals surface area contributed by atoms with Crippen LogP contribution in [0.3, 0.4) is 0 Å². The van der Waals surface area contributed by atoms with Gasteiger partial charge in [0.05, 0.1) is 19.3 Å². The minimum absolute atomic E-state index is 0.187. The zero-order chi connectivity index (χ0) is 12.8. The Balaban J connectivity index is 3.03. The van der Waals surface area contributed by atoms with Crippen molar-refractivity contribution in [3.05, 3.63) is 29.3 Å². The van der Waals surface area contributed by atoms with E-state index >= 15 is 0 Å². The minimum atomic E-state index is 0.187. The Hall–Kier alpha value is -1.06. The Labute approximate surface area is 104 Å². The molecule has 2 atom stereocenters. The van der Waals surface area contributed by atoms with Crippen molar-refractivity contribution in [3.8, 4) is 5.75 Å². The molecule has 1 N–H and O–H groups in total. The first-order valence-electron chi connectivity index (χ1n) is 6.02. The van der Waals surface area contributed by atoms with Crippen molar-refractivity contribution in [3.63, 3.8) is 0 Å². The highest BCUT2D eigenvalue weighted by Crippen LogP contribution is 2.26. The van der Waals surface area contributed by atoms with Gasteiger partial charge in [-0.2, -0.15) is 0 Å². The van der Waals surface area contributed by atoms with Gasteiger partial charge >= 0.3 is 0 Å². The lowest BCUT2D eigenvalue weighted by atomic mass is 9.95. The van der Waals surface area contributed by atoms with Crippen molar-refractivity contribution in [2.45, 2.75) is 32.4 Å². The van der Waals surface area contributed by atoms with E-state index in [1.165, 1.54) is 11.1 Å².